The van der Waals surface area contributed by atoms with E-state index in [2.05, 4.69) is 4.74 Å². The maximum atomic E-state index is 12.5. The van der Waals surface area contributed by atoms with Gasteiger partial charge in [-0.3, -0.25) is 0 Å². The van der Waals surface area contributed by atoms with Gasteiger partial charge < -0.3 is 10.5 Å². The van der Waals surface area contributed by atoms with Crippen molar-refractivity contribution in [3.05, 3.63) is 35.9 Å². The zero-order valence-electron chi connectivity index (χ0n) is 11.1. The predicted octanol–water partition coefficient (Wildman–Crippen LogP) is 3.97. The molecule has 2 N–H and O–H groups in total. The van der Waals surface area contributed by atoms with Crippen molar-refractivity contribution < 1.29 is 31.1 Å². The van der Waals surface area contributed by atoms with Crippen molar-refractivity contribution in [2.24, 2.45) is 5.73 Å². The molecule has 0 spiro atoms. The topological polar surface area (TPSA) is 35.2 Å². The highest BCUT2D eigenvalue weighted by Crippen LogP contribution is 2.37. The van der Waals surface area contributed by atoms with Crippen molar-refractivity contribution in [2.45, 2.75) is 43.9 Å². The second-order valence-corrected chi connectivity index (χ2v) is 4.48. The minimum Gasteiger partial charge on any atom is -0.356 e. The average molecular weight is 315 g/mol. The van der Waals surface area contributed by atoms with E-state index in [-0.39, 0.29) is 6.42 Å². The summed E-state index contributed by atoms with van der Waals surface area (Å²) >= 11 is 0. The predicted molar refractivity (Wildman–Crippen MR) is 64.4 cm³/mol. The van der Waals surface area contributed by atoms with Gasteiger partial charge in [0.15, 0.2) is 0 Å². The van der Waals surface area contributed by atoms with Crippen LogP contribution in [-0.2, 0) is 4.74 Å². The van der Waals surface area contributed by atoms with Crippen LogP contribution in [0.2, 0.25) is 0 Å². The quantitative estimate of drug-likeness (QED) is 0.834. The normalized spacial score (nSPS) is 16.0. The molecule has 0 saturated carbocycles. The van der Waals surface area contributed by atoms with E-state index in [1.807, 2.05) is 0 Å². The smallest absolute Gasteiger partial charge is 0.356 e. The molecule has 1 aromatic rings. The SMILES string of the molecule is CCC(OC(C(F)(F)F)C(F)(F)F)C(N)c1ccccc1. The largest absolute Gasteiger partial charge is 0.423 e. The summed E-state index contributed by atoms with van der Waals surface area (Å²) in [5, 5.41) is 0. The maximum absolute atomic E-state index is 12.5. The number of ether oxygens (including phenoxy) is 1. The van der Waals surface area contributed by atoms with E-state index in [1.165, 1.54) is 19.1 Å². The lowest BCUT2D eigenvalue weighted by atomic mass is 10.0. The molecule has 0 saturated heterocycles. The van der Waals surface area contributed by atoms with Crippen LogP contribution < -0.4 is 5.73 Å². The van der Waals surface area contributed by atoms with Gasteiger partial charge in [-0.2, -0.15) is 26.3 Å². The third-order valence-corrected chi connectivity index (χ3v) is 2.89. The lowest BCUT2D eigenvalue weighted by Gasteiger charge is -2.30. The van der Waals surface area contributed by atoms with Gasteiger partial charge in [-0.05, 0) is 12.0 Å². The molecule has 1 rings (SSSR count). The van der Waals surface area contributed by atoms with Crippen molar-refractivity contribution in [3.8, 4) is 0 Å². The number of nitrogens with two attached hydrogens (primary N) is 1. The van der Waals surface area contributed by atoms with E-state index in [4.69, 9.17) is 5.73 Å². The fourth-order valence-electron chi connectivity index (χ4n) is 1.84. The van der Waals surface area contributed by atoms with E-state index in [1.54, 1.807) is 18.2 Å². The van der Waals surface area contributed by atoms with Crippen LogP contribution in [0.3, 0.4) is 0 Å². The lowest BCUT2D eigenvalue weighted by molar-refractivity contribution is -0.332. The highest BCUT2D eigenvalue weighted by molar-refractivity contribution is 5.19. The third-order valence-electron chi connectivity index (χ3n) is 2.89. The van der Waals surface area contributed by atoms with E-state index in [0.29, 0.717) is 5.56 Å². The maximum Gasteiger partial charge on any atom is 0.423 e. The Labute approximate surface area is 117 Å². The summed E-state index contributed by atoms with van der Waals surface area (Å²) in [6, 6.07) is 6.80. The zero-order chi connectivity index (χ0) is 16.3. The Balaban J connectivity index is 2.94. The van der Waals surface area contributed by atoms with Crippen molar-refractivity contribution in [3.63, 3.8) is 0 Å². The Morgan fingerprint density at radius 2 is 1.48 bits per heavy atom. The van der Waals surface area contributed by atoms with Crippen LogP contribution in [0.15, 0.2) is 30.3 Å². The molecule has 21 heavy (non-hydrogen) atoms. The highest BCUT2D eigenvalue weighted by Gasteiger charge is 2.58. The van der Waals surface area contributed by atoms with Crippen LogP contribution in [0, 0.1) is 0 Å². The molecule has 0 aromatic heterocycles. The first-order chi connectivity index (χ1) is 9.57. The molecular formula is C13H15F6NO. The number of hydrogen-bond acceptors (Lipinski definition) is 2. The standard InChI is InChI=1S/C13H15F6NO/c1-2-9(10(20)8-6-4-3-5-7-8)21-11(12(14,15)16)13(17,18)19/h3-7,9-11H,2,20H2,1H3. The van der Waals surface area contributed by atoms with Gasteiger partial charge in [-0.25, -0.2) is 0 Å². The van der Waals surface area contributed by atoms with Crippen LogP contribution >= 0.6 is 0 Å². The minimum absolute atomic E-state index is 0.0846. The van der Waals surface area contributed by atoms with E-state index in [9.17, 15) is 26.3 Å². The molecule has 120 valence electrons. The Hall–Kier alpha value is -1.28. The van der Waals surface area contributed by atoms with Gasteiger partial charge >= 0.3 is 12.4 Å². The highest BCUT2D eigenvalue weighted by atomic mass is 19.4. The van der Waals surface area contributed by atoms with Crippen LogP contribution in [0.25, 0.3) is 0 Å². The summed E-state index contributed by atoms with van der Waals surface area (Å²) in [7, 11) is 0. The number of alkyl halides is 6. The summed E-state index contributed by atoms with van der Waals surface area (Å²) in [6.45, 7) is 1.41. The molecule has 1 aromatic carbocycles. The van der Waals surface area contributed by atoms with Crippen LogP contribution in [0.5, 0.6) is 0 Å². The molecule has 2 atom stereocenters. The van der Waals surface area contributed by atoms with Gasteiger partial charge in [-0.1, -0.05) is 37.3 Å². The molecule has 0 aliphatic rings. The summed E-state index contributed by atoms with van der Waals surface area (Å²) < 4.78 is 79.2. The van der Waals surface area contributed by atoms with Crippen LogP contribution in [0.1, 0.15) is 24.9 Å². The van der Waals surface area contributed by atoms with Crippen molar-refractivity contribution in [1.29, 1.82) is 0 Å². The fraction of sp³-hybridized carbons (Fsp3) is 0.538. The third kappa shape index (κ3) is 4.89. The van der Waals surface area contributed by atoms with Crippen LogP contribution in [0.4, 0.5) is 26.3 Å². The first-order valence-corrected chi connectivity index (χ1v) is 6.16. The molecule has 0 aliphatic carbocycles. The van der Waals surface area contributed by atoms with Gasteiger partial charge in [0, 0.05) is 0 Å². The summed E-state index contributed by atoms with van der Waals surface area (Å²) in [5.41, 5.74) is 6.13. The molecule has 0 fully saturated rings. The molecule has 0 radical (unpaired) electrons. The second kappa shape index (κ2) is 6.65. The molecular weight excluding hydrogens is 300 g/mol. The first kappa shape index (κ1) is 17.8. The first-order valence-electron chi connectivity index (χ1n) is 6.16. The number of hydrogen-bond donors (Lipinski definition) is 1. The number of rotatable bonds is 5. The van der Waals surface area contributed by atoms with E-state index in [0.717, 1.165) is 0 Å². The minimum atomic E-state index is -5.54. The van der Waals surface area contributed by atoms with Gasteiger partial charge in [-0.15, -0.1) is 0 Å². The van der Waals surface area contributed by atoms with Crippen molar-refractivity contribution in [1.82, 2.24) is 0 Å². The molecule has 0 heterocycles. The Kier molecular flexibility index (Phi) is 5.63. The van der Waals surface area contributed by atoms with Gasteiger partial charge in [0.25, 0.3) is 0 Å². The zero-order valence-corrected chi connectivity index (χ0v) is 11.1. The Morgan fingerprint density at radius 3 is 1.86 bits per heavy atom. The molecule has 2 unspecified atom stereocenters. The van der Waals surface area contributed by atoms with Gasteiger partial charge in [0.2, 0.25) is 6.10 Å². The molecule has 0 aliphatic heterocycles. The van der Waals surface area contributed by atoms with Crippen molar-refractivity contribution >= 4 is 0 Å². The molecule has 2 nitrogen and oxygen atoms in total. The summed E-state index contributed by atoms with van der Waals surface area (Å²) in [6.07, 6.45) is -16.4. The monoisotopic (exact) mass is 315 g/mol. The summed E-state index contributed by atoms with van der Waals surface area (Å²) in [4.78, 5) is 0. The van der Waals surface area contributed by atoms with Crippen LogP contribution in [-0.4, -0.2) is 24.6 Å². The molecule has 0 bridgehead atoms. The molecule has 0 amide bonds. The average Bonchev–Trinajstić information content (AvgIpc) is 2.37. The molecule has 8 heteroatoms. The number of halogens is 6. The lowest BCUT2D eigenvalue weighted by Crippen LogP contribution is -2.48. The second-order valence-electron chi connectivity index (χ2n) is 4.48. The van der Waals surface area contributed by atoms with E-state index < -0.39 is 30.6 Å². The fourth-order valence-corrected chi connectivity index (χ4v) is 1.84. The number of benzene rings is 1. The summed E-state index contributed by atoms with van der Waals surface area (Å²) in [5.74, 6) is 0. The van der Waals surface area contributed by atoms with E-state index >= 15 is 0 Å². The van der Waals surface area contributed by atoms with Gasteiger partial charge in [0.05, 0.1) is 12.1 Å². The Morgan fingerprint density at radius 1 is 1.00 bits per heavy atom. The van der Waals surface area contributed by atoms with Crippen molar-refractivity contribution in [2.75, 3.05) is 0 Å². The Bertz CT molecular complexity index is 417. The van der Waals surface area contributed by atoms with Gasteiger partial charge in [0.1, 0.15) is 0 Å².